The first-order valence-corrected chi connectivity index (χ1v) is 6.04. The van der Waals surface area contributed by atoms with Crippen molar-refractivity contribution < 1.29 is 13.2 Å². The van der Waals surface area contributed by atoms with E-state index in [1.54, 1.807) is 0 Å². The van der Waals surface area contributed by atoms with Gasteiger partial charge in [0.05, 0.1) is 0 Å². The lowest BCUT2D eigenvalue weighted by atomic mass is 10.1. The van der Waals surface area contributed by atoms with Crippen LogP contribution in [0.3, 0.4) is 0 Å². The molecule has 0 aromatic heterocycles. The Kier molecular flexibility index (Phi) is 4.73. The zero-order valence-corrected chi connectivity index (χ0v) is 9.79. The van der Waals surface area contributed by atoms with Crippen molar-refractivity contribution in [2.75, 3.05) is 25.4 Å². The Bertz CT molecular complexity index is 188. The van der Waals surface area contributed by atoms with Crippen LogP contribution in [0.4, 0.5) is 13.2 Å². The predicted octanol–water partition coefficient (Wildman–Crippen LogP) is 1.92. The summed E-state index contributed by atoms with van der Waals surface area (Å²) in [4.78, 5) is 2.09. The van der Waals surface area contributed by atoms with Gasteiger partial charge in [-0.05, 0) is 25.6 Å². The largest absolute Gasteiger partial charge is 0.441 e. The summed E-state index contributed by atoms with van der Waals surface area (Å²) in [6, 6.07) is 0.731. The molecular formula is C9H17F3N2S. The Balaban J connectivity index is 2.21. The molecule has 0 bridgehead atoms. The van der Waals surface area contributed by atoms with E-state index >= 15 is 0 Å². The van der Waals surface area contributed by atoms with Crippen molar-refractivity contribution in [3.63, 3.8) is 0 Å². The molecule has 0 radical (unpaired) electrons. The Labute approximate surface area is 92.6 Å². The lowest BCUT2D eigenvalue weighted by molar-refractivity contribution is -0.0329. The van der Waals surface area contributed by atoms with E-state index in [2.05, 4.69) is 24.1 Å². The van der Waals surface area contributed by atoms with E-state index in [9.17, 15) is 13.2 Å². The molecule has 1 saturated heterocycles. The maximum Gasteiger partial charge on any atom is 0.441 e. The minimum atomic E-state index is -4.09. The average Bonchev–Trinajstić information content (AvgIpc) is 1.99. The summed E-state index contributed by atoms with van der Waals surface area (Å²) >= 11 is 0.0676. The lowest BCUT2D eigenvalue weighted by Gasteiger charge is -2.36. The molecule has 2 nitrogen and oxygen atoms in total. The second-order valence-corrected chi connectivity index (χ2v) is 5.18. The highest BCUT2D eigenvalue weighted by Crippen LogP contribution is 2.29. The van der Waals surface area contributed by atoms with Gasteiger partial charge < -0.3 is 5.32 Å². The summed E-state index contributed by atoms with van der Waals surface area (Å²) < 4.78 is 35.7. The number of piperazine rings is 1. The second-order valence-electron chi connectivity index (χ2n) is 4.02. The molecule has 0 aromatic rings. The van der Waals surface area contributed by atoms with Crippen LogP contribution in [0, 0.1) is 0 Å². The predicted molar refractivity (Wildman–Crippen MR) is 57.0 cm³/mol. The van der Waals surface area contributed by atoms with Crippen molar-refractivity contribution >= 4 is 11.8 Å². The van der Waals surface area contributed by atoms with Crippen LogP contribution in [0.25, 0.3) is 0 Å². The molecule has 6 heteroatoms. The highest BCUT2D eigenvalue weighted by Gasteiger charge is 2.28. The smallest absolute Gasteiger partial charge is 0.309 e. The number of nitrogens with one attached hydrogen (secondary N) is 1. The molecule has 1 heterocycles. The van der Waals surface area contributed by atoms with E-state index in [0.29, 0.717) is 18.6 Å². The van der Waals surface area contributed by atoms with Crippen molar-refractivity contribution in [2.24, 2.45) is 0 Å². The van der Waals surface area contributed by atoms with Gasteiger partial charge in [-0.3, -0.25) is 4.90 Å². The van der Waals surface area contributed by atoms with Crippen LogP contribution >= 0.6 is 11.8 Å². The van der Waals surface area contributed by atoms with Crippen LogP contribution in [0.5, 0.6) is 0 Å². The number of halogens is 3. The zero-order valence-electron chi connectivity index (χ0n) is 8.97. The van der Waals surface area contributed by atoms with E-state index in [0.717, 1.165) is 13.1 Å². The molecule has 0 aromatic carbocycles. The molecule has 1 aliphatic rings. The van der Waals surface area contributed by atoms with Gasteiger partial charge in [0.25, 0.3) is 0 Å². The molecule has 15 heavy (non-hydrogen) atoms. The van der Waals surface area contributed by atoms with Gasteiger partial charge in [0.1, 0.15) is 0 Å². The maximum absolute atomic E-state index is 11.9. The maximum atomic E-state index is 11.9. The zero-order chi connectivity index (χ0) is 11.5. The molecule has 0 spiro atoms. The van der Waals surface area contributed by atoms with Crippen molar-refractivity contribution in [2.45, 2.75) is 31.4 Å². The Morgan fingerprint density at radius 1 is 1.27 bits per heavy atom. The summed E-state index contributed by atoms with van der Waals surface area (Å²) in [7, 11) is 0. The fourth-order valence-corrected chi connectivity index (χ4v) is 2.49. The summed E-state index contributed by atoms with van der Waals surface area (Å²) in [5, 5.41) is 3.35. The molecule has 0 aliphatic carbocycles. The molecular weight excluding hydrogens is 225 g/mol. The van der Waals surface area contributed by atoms with Crippen molar-refractivity contribution in [3.05, 3.63) is 0 Å². The van der Waals surface area contributed by atoms with Gasteiger partial charge in [0, 0.05) is 37.5 Å². The average molecular weight is 242 g/mol. The Hall–Kier alpha value is 0.0600. The van der Waals surface area contributed by atoms with Crippen molar-refractivity contribution in [1.82, 2.24) is 10.2 Å². The molecule has 0 amide bonds. The van der Waals surface area contributed by atoms with Gasteiger partial charge in [0.15, 0.2) is 0 Å². The van der Waals surface area contributed by atoms with Gasteiger partial charge in [-0.2, -0.15) is 13.2 Å². The third kappa shape index (κ3) is 5.63. The van der Waals surface area contributed by atoms with Crippen LogP contribution in [0.1, 0.15) is 13.8 Å². The van der Waals surface area contributed by atoms with Gasteiger partial charge in [0.2, 0.25) is 0 Å². The third-order valence-corrected chi connectivity index (χ3v) is 3.02. The molecule has 0 saturated carbocycles. The number of hydrogen-bond donors (Lipinski definition) is 1. The highest BCUT2D eigenvalue weighted by atomic mass is 32.2. The third-order valence-electron chi connectivity index (χ3n) is 2.31. The van der Waals surface area contributed by atoms with Crippen molar-refractivity contribution in [3.8, 4) is 0 Å². The fourth-order valence-electron chi connectivity index (χ4n) is 1.91. The van der Waals surface area contributed by atoms with Crippen LogP contribution < -0.4 is 5.32 Å². The molecule has 2 atom stereocenters. The van der Waals surface area contributed by atoms with E-state index in [-0.39, 0.29) is 17.5 Å². The molecule has 1 fully saturated rings. The first-order valence-electron chi connectivity index (χ1n) is 5.06. The highest BCUT2D eigenvalue weighted by molar-refractivity contribution is 8.00. The first kappa shape index (κ1) is 13.1. The van der Waals surface area contributed by atoms with E-state index in [4.69, 9.17) is 0 Å². The van der Waals surface area contributed by atoms with E-state index in [1.807, 2.05) is 0 Å². The topological polar surface area (TPSA) is 15.3 Å². The van der Waals surface area contributed by atoms with Crippen LogP contribution in [-0.4, -0.2) is 47.9 Å². The molecule has 90 valence electrons. The van der Waals surface area contributed by atoms with Crippen LogP contribution in [-0.2, 0) is 0 Å². The summed E-state index contributed by atoms with van der Waals surface area (Å²) in [6.45, 7) is 6.30. The second kappa shape index (κ2) is 5.41. The van der Waals surface area contributed by atoms with E-state index < -0.39 is 5.51 Å². The van der Waals surface area contributed by atoms with Gasteiger partial charge in [-0.15, -0.1) is 0 Å². The first-order chi connectivity index (χ1) is 6.87. The number of alkyl halides is 3. The summed E-state index contributed by atoms with van der Waals surface area (Å²) in [5.41, 5.74) is -4.09. The number of nitrogens with zero attached hydrogens (tertiary/aromatic N) is 1. The quantitative estimate of drug-likeness (QED) is 0.814. The molecule has 1 rings (SSSR count). The van der Waals surface area contributed by atoms with Crippen LogP contribution in [0.15, 0.2) is 0 Å². The van der Waals surface area contributed by atoms with E-state index in [1.165, 1.54) is 0 Å². The fraction of sp³-hybridized carbons (Fsp3) is 1.00. The van der Waals surface area contributed by atoms with Gasteiger partial charge in [-0.1, -0.05) is 0 Å². The molecule has 2 unspecified atom stereocenters. The Morgan fingerprint density at radius 2 is 1.80 bits per heavy atom. The normalized spacial score (nSPS) is 29.4. The monoisotopic (exact) mass is 242 g/mol. The molecule has 1 aliphatic heterocycles. The summed E-state index contributed by atoms with van der Waals surface area (Å²) in [5.74, 6) is 0.128. The molecule has 1 N–H and O–H groups in total. The standard InChI is InChI=1S/C9H17F3N2S/c1-7-5-14(6-8(2)13-7)3-4-15-9(10,11)12/h7-8,13H,3-6H2,1-2H3. The number of thioether (sulfide) groups is 1. The van der Waals surface area contributed by atoms with Crippen LogP contribution in [0.2, 0.25) is 0 Å². The number of hydrogen-bond acceptors (Lipinski definition) is 3. The SMILES string of the molecule is CC1CN(CCSC(F)(F)F)CC(C)N1. The van der Waals surface area contributed by atoms with Gasteiger partial charge in [-0.25, -0.2) is 0 Å². The van der Waals surface area contributed by atoms with Gasteiger partial charge >= 0.3 is 5.51 Å². The Morgan fingerprint density at radius 3 is 2.27 bits per heavy atom. The summed E-state index contributed by atoms with van der Waals surface area (Å²) in [6.07, 6.45) is 0. The minimum Gasteiger partial charge on any atom is -0.309 e. The minimum absolute atomic E-state index is 0.0676. The van der Waals surface area contributed by atoms with Crippen molar-refractivity contribution in [1.29, 1.82) is 0 Å². The lowest BCUT2D eigenvalue weighted by Crippen LogP contribution is -2.54. The number of rotatable bonds is 3.